The predicted molar refractivity (Wildman–Crippen MR) is 116 cm³/mol. The van der Waals surface area contributed by atoms with Crippen LogP contribution >= 0.6 is 0 Å². The van der Waals surface area contributed by atoms with Crippen molar-refractivity contribution in [2.75, 3.05) is 13.2 Å². The van der Waals surface area contributed by atoms with E-state index in [-0.39, 0.29) is 5.56 Å². The summed E-state index contributed by atoms with van der Waals surface area (Å²) in [6.07, 6.45) is 1.84. The van der Waals surface area contributed by atoms with Gasteiger partial charge in [0.2, 0.25) is 0 Å². The van der Waals surface area contributed by atoms with Gasteiger partial charge in [0.05, 0.1) is 18.7 Å². The van der Waals surface area contributed by atoms with E-state index in [0.29, 0.717) is 30.4 Å². The Balaban J connectivity index is 1.71. The molecule has 4 aromatic rings. The second-order valence-corrected chi connectivity index (χ2v) is 7.86. The topological polar surface area (TPSA) is 69.1 Å². The number of aromatic amines is 1. The second-order valence-electron chi connectivity index (χ2n) is 7.86. The van der Waals surface area contributed by atoms with Gasteiger partial charge in [0.25, 0.3) is 5.56 Å². The van der Waals surface area contributed by atoms with Gasteiger partial charge in [-0.05, 0) is 38.1 Å². The molecule has 5 rings (SSSR count). The maximum Gasteiger partial charge on any atom is 0.253 e. The van der Waals surface area contributed by atoms with Crippen molar-refractivity contribution < 1.29 is 9.47 Å². The number of ether oxygens (including phenoxy) is 2. The van der Waals surface area contributed by atoms with E-state index in [1.54, 1.807) is 11.6 Å². The molecule has 152 valence electrons. The van der Waals surface area contributed by atoms with E-state index >= 15 is 0 Å². The molecule has 1 N–H and O–H groups in total. The van der Waals surface area contributed by atoms with Gasteiger partial charge in [-0.3, -0.25) is 4.79 Å². The molecule has 3 heterocycles. The molecular weight excluding hydrogens is 378 g/mol. The SMILES string of the molecule is Cc1nc2c(Oc3ccccc3C3COC3)c(-c3cc(C)c(=O)n(C)c3)ccc2[nH]1. The normalized spacial score (nSPS) is 14.1. The number of aromatic nitrogens is 3. The van der Waals surface area contributed by atoms with Crippen LogP contribution in [0, 0.1) is 13.8 Å². The van der Waals surface area contributed by atoms with Gasteiger partial charge in [0.15, 0.2) is 5.75 Å². The number of aryl methyl sites for hydroxylation is 3. The average Bonchev–Trinajstić information content (AvgIpc) is 3.07. The second kappa shape index (κ2) is 7.15. The maximum atomic E-state index is 12.2. The molecule has 1 fully saturated rings. The minimum absolute atomic E-state index is 0.00626. The summed E-state index contributed by atoms with van der Waals surface area (Å²) in [7, 11) is 1.77. The first-order valence-corrected chi connectivity index (χ1v) is 10.0. The molecule has 2 aromatic carbocycles. The first-order chi connectivity index (χ1) is 14.5. The average molecular weight is 401 g/mol. The summed E-state index contributed by atoms with van der Waals surface area (Å²) >= 11 is 0. The molecule has 6 nitrogen and oxygen atoms in total. The standard InChI is InChI=1S/C24H23N3O3/c1-14-10-16(11-27(3)24(14)28)19-8-9-20-22(26-15(2)25-20)23(19)30-21-7-5-4-6-18(21)17-12-29-13-17/h4-11,17H,12-13H2,1-3H3,(H,25,26). The fourth-order valence-electron chi connectivity index (χ4n) is 3.97. The number of fused-ring (bicyclic) bond motifs is 1. The fraction of sp³-hybridized carbons (Fsp3) is 0.250. The van der Waals surface area contributed by atoms with Crippen molar-refractivity contribution in [1.82, 2.24) is 14.5 Å². The van der Waals surface area contributed by atoms with Crippen molar-refractivity contribution >= 4 is 11.0 Å². The molecule has 0 spiro atoms. The van der Waals surface area contributed by atoms with Crippen molar-refractivity contribution in [1.29, 1.82) is 0 Å². The van der Waals surface area contributed by atoms with E-state index in [0.717, 1.165) is 39.3 Å². The predicted octanol–water partition coefficient (Wildman–Crippen LogP) is 4.45. The van der Waals surface area contributed by atoms with E-state index in [1.807, 2.05) is 56.4 Å². The smallest absolute Gasteiger partial charge is 0.253 e. The van der Waals surface area contributed by atoms with Crippen molar-refractivity contribution in [3.05, 3.63) is 76.0 Å². The number of nitrogens with one attached hydrogen (secondary N) is 1. The van der Waals surface area contributed by atoms with Crippen molar-refractivity contribution in [3.8, 4) is 22.6 Å². The highest BCUT2D eigenvalue weighted by Crippen LogP contribution is 2.41. The Morgan fingerprint density at radius 3 is 2.70 bits per heavy atom. The zero-order chi connectivity index (χ0) is 20.8. The summed E-state index contributed by atoms with van der Waals surface area (Å²) in [5.74, 6) is 2.65. The van der Waals surface area contributed by atoms with Crippen molar-refractivity contribution in [2.24, 2.45) is 7.05 Å². The summed E-state index contributed by atoms with van der Waals surface area (Å²) in [5.41, 5.74) is 5.31. The van der Waals surface area contributed by atoms with Crippen LogP contribution in [-0.4, -0.2) is 27.7 Å². The molecule has 1 saturated heterocycles. The summed E-state index contributed by atoms with van der Waals surface area (Å²) in [6.45, 7) is 5.17. The molecule has 2 aromatic heterocycles. The Labute approximate surface area is 174 Å². The fourth-order valence-corrected chi connectivity index (χ4v) is 3.97. The zero-order valence-electron chi connectivity index (χ0n) is 17.2. The quantitative estimate of drug-likeness (QED) is 0.548. The number of nitrogens with zero attached hydrogens (tertiary/aromatic N) is 2. The molecule has 1 aliphatic heterocycles. The highest BCUT2D eigenvalue weighted by molar-refractivity contribution is 5.91. The lowest BCUT2D eigenvalue weighted by atomic mass is 9.96. The first kappa shape index (κ1) is 18.6. The number of benzene rings is 2. The van der Waals surface area contributed by atoms with E-state index < -0.39 is 0 Å². The molecule has 0 bridgehead atoms. The number of hydrogen-bond donors (Lipinski definition) is 1. The third-order valence-electron chi connectivity index (χ3n) is 5.61. The van der Waals surface area contributed by atoms with Crippen LogP contribution in [0.3, 0.4) is 0 Å². The van der Waals surface area contributed by atoms with Crippen LogP contribution in [0.15, 0.2) is 53.5 Å². The van der Waals surface area contributed by atoms with Crippen LogP contribution in [-0.2, 0) is 11.8 Å². The maximum absolute atomic E-state index is 12.2. The van der Waals surface area contributed by atoms with Crippen LogP contribution in [0.1, 0.15) is 22.9 Å². The van der Waals surface area contributed by atoms with Gasteiger partial charge in [-0.15, -0.1) is 0 Å². The highest BCUT2D eigenvalue weighted by Gasteiger charge is 2.25. The zero-order valence-corrected chi connectivity index (χ0v) is 17.2. The third kappa shape index (κ3) is 3.09. The van der Waals surface area contributed by atoms with Crippen molar-refractivity contribution in [2.45, 2.75) is 19.8 Å². The van der Waals surface area contributed by atoms with Crippen LogP contribution in [0.5, 0.6) is 11.5 Å². The van der Waals surface area contributed by atoms with Gasteiger partial charge in [0, 0.05) is 41.4 Å². The number of rotatable bonds is 4. The van der Waals surface area contributed by atoms with Gasteiger partial charge in [-0.2, -0.15) is 0 Å². The Morgan fingerprint density at radius 2 is 1.97 bits per heavy atom. The molecule has 0 amide bonds. The van der Waals surface area contributed by atoms with E-state index in [4.69, 9.17) is 14.5 Å². The largest absolute Gasteiger partial charge is 0.454 e. The number of hydrogen-bond acceptors (Lipinski definition) is 4. The molecule has 30 heavy (non-hydrogen) atoms. The summed E-state index contributed by atoms with van der Waals surface area (Å²) < 4.78 is 13.6. The Hall–Kier alpha value is -3.38. The lowest BCUT2D eigenvalue weighted by molar-refractivity contribution is 0.00769. The Bertz CT molecular complexity index is 1290. The third-order valence-corrected chi connectivity index (χ3v) is 5.61. The van der Waals surface area contributed by atoms with Gasteiger partial charge in [-0.1, -0.05) is 18.2 Å². The first-order valence-electron chi connectivity index (χ1n) is 10.0. The summed E-state index contributed by atoms with van der Waals surface area (Å²) in [5, 5.41) is 0. The molecule has 0 unspecified atom stereocenters. The minimum Gasteiger partial charge on any atom is -0.454 e. The van der Waals surface area contributed by atoms with E-state index in [9.17, 15) is 4.79 Å². The summed E-state index contributed by atoms with van der Waals surface area (Å²) in [4.78, 5) is 20.2. The lowest BCUT2D eigenvalue weighted by Gasteiger charge is -2.28. The molecule has 0 saturated carbocycles. The Kier molecular flexibility index (Phi) is 4.44. The van der Waals surface area contributed by atoms with Gasteiger partial charge < -0.3 is 19.0 Å². The molecule has 1 aliphatic rings. The van der Waals surface area contributed by atoms with Gasteiger partial charge in [-0.25, -0.2) is 4.98 Å². The van der Waals surface area contributed by atoms with Crippen LogP contribution < -0.4 is 10.3 Å². The molecular formula is C24H23N3O3. The monoisotopic (exact) mass is 401 g/mol. The lowest BCUT2D eigenvalue weighted by Crippen LogP contribution is -2.25. The van der Waals surface area contributed by atoms with Crippen LogP contribution in [0.25, 0.3) is 22.2 Å². The summed E-state index contributed by atoms with van der Waals surface area (Å²) in [6, 6.07) is 14.0. The number of pyridine rings is 1. The van der Waals surface area contributed by atoms with Gasteiger partial charge in [0.1, 0.15) is 17.1 Å². The minimum atomic E-state index is -0.00626. The van der Waals surface area contributed by atoms with E-state index in [1.165, 1.54) is 0 Å². The molecule has 0 aliphatic carbocycles. The van der Waals surface area contributed by atoms with Crippen LogP contribution in [0.4, 0.5) is 0 Å². The number of H-pyrrole nitrogens is 1. The molecule has 0 radical (unpaired) electrons. The van der Waals surface area contributed by atoms with E-state index in [2.05, 4.69) is 11.1 Å². The highest BCUT2D eigenvalue weighted by atomic mass is 16.5. The van der Waals surface area contributed by atoms with Gasteiger partial charge >= 0.3 is 0 Å². The van der Waals surface area contributed by atoms with Crippen LogP contribution in [0.2, 0.25) is 0 Å². The van der Waals surface area contributed by atoms with Crippen molar-refractivity contribution in [3.63, 3.8) is 0 Å². The molecule has 0 atom stereocenters. The number of imidazole rings is 1. The molecule has 6 heteroatoms. The Morgan fingerprint density at radius 1 is 1.17 bits per heavy atom. The number of para-hydroxylation sites is 1.